The molecule has 0 saturated carbocycles. The maximum absolute atomic E-state index is 8.83. The Morgan fingerprint density at radius 2 is 2.27 bits per heavy atom. The Hall–Kier alpha value is -1.42. The van der Waals surface area contributed by atoms with E-state index in [0.29, 0.717) is 11.4 Å². The topological polar surface area (TPSA) is 54.5 Å². The van der Waals surface area contributed by atoms with Gasteiger partial charge in [0.15, 0.2) is 5.82 Å². The van der Waals surface area contributed by atoms with E-state index in [4.69, 9.17) is 5.26 Å². The number of pyridine rings is 1. The molecule has 0 aliphatic heterocycles. The normalized spacial score (nSPS) is 9.93. The van der Waals surface area contributed by atoms with Crippen molar-refractivity contribution in [3.8, 4) is 11.9 Å². The van der Waals surface area contributed by atoms with Gasteiger partial charge in [-0.25, -0.2) is 9.67 Å². The van der Waals surface area contributed by atoms with E-state index < -0.39 is 0 Å². The summed E-state index contributed by atoms with van der Waals surface area (Å²) in [6, 6.07) is 5.57. The van der Waals surface area contributed by atoms with Gasteiger partial charge in [-0.1, -0.05) is 0 Å². The van der Waals surface area contributed by atoms with Crippen molar-refractivity contribution < 1.29 is 0 Å². The van der Waals surface area contributed by atoms with E-state index in [9.17, 15) is 0 Å². The van der Waals surface area contributed by atoms with E-state index in [-0.39, 0.29) is 0 Å². The third kappa shape index (κ3) is 2.15. The molecule has 0 radical (unpaired) electrons. The second-order valence-corrected chi connectivity index (χ2v) is 4.32. The molecule has 0 saturated heterocycles. The zero-order valence-corrected chi connectivity index (χ0v) is 10.1. The van der Waals surface area contributed by atoms with Crippen molar-refractivity contribution >= 4 is 22.6 Å². The zero-order valence-electron chi connectivity index (χ0n) is 7.98. The number of rotatable bonds is 1. The van der Waals surface area contributed by atoms with Gasteiger partial charge in [-0.2, -0.15) is 10.4 Å². The van der Waals surface area contributed by atoms with Crippen molar-refractivity contribution in [1.82, 2.24) is 14.8 Å². The number of halogens is 1. The van der Waals surface area contributed by atoms with E-state index in [1.807, 2.05) is 13.1 Å². The molecular formula is C10H7IN4. The zero-order chi connectivity index (χ0) is 10.8. The molecule has 5 heteroatoms. The maximum atomic E-state index is 8.83. The van der Waals surface area contributed by atoms with E-state index in [2.05, 4.69) is 38.7 Å². The lowest BCUT2D eigenvalue weighted by Gasteiger charge is -2.01. The van der Waals surface area contributed by atoms with E-state index in [1.54, 1.807) is 23.0 Å². The molecule has 74 valence electrons. The SMILES string of the molecule is Cc1cc(C#N)cc(-n2cc(I)cn2)n1. The third-order valence-corrected chi connectivity index (χ3v) is 2.41. The summed E-state index contributed by atoms with van der Waals surface area (Å²) in [5.41, 5.74) is 1.41. The highest BCUT2D eigenvalue weighted by atomic mass is 127. The third-order valence-electron chi connectivity index (χ3n) is 1.85. The van der Waals surface area contributed by atoms with Crippen LogP contribution in [0.1, 0.15) is 11.3 Å². The maximum Gasteiger partial charge on any atom is 0.154 e. The lowest BCUT2D eigenvalue weighted by Crippen LogP contribution is -1.99. The predicted octanol–water partition coefficient (Wildman–Crippen LogP) is 2.05. The van der Waals surface area contributed by atoms with Gasteiger partial charge in [-0.05, 0) is 35.6 Å². The van der Waals surface area contributed by atoms with E-state index >= 15 is 0 Å². The smallest absolute Gasteiger partial charge is 0.154 e. The molecule has 0 fully saturated rings. The largest absolute Gasteiger partial charge is 0.234 e. The van der Waals surface area contributed by atoms with Crippen LogP contribution >= 0.6 is 22.6 Å². The highest BCUT2D eigenvalue weighted by Crippen LogP contribution is 2.10. The summed E-state index contributed by atoms with van der Waals surface area (Å²) in [7, 11) is 0. The fraction of sp³-hybridized carbons (Fsp3) is 0.100. The summed E-state index contributed by atoms with van der Waals surface area (Å²) in [5, 5.41) is 13.0. The number of nitrogens with zero attached hydrogens (tertiary/aromatic N) is 4. The summed E-state index contributed by atoms with van der Waals surface area (Å²) in [6.45, 7) is 1.86. The second kappa shape index (κ2) is 3.98. The minimum Gasteiger partial charge on any atom is -0.234 e. The van der Waals surface area contributed by atoms with E-state index in [1.165, 1.54) is 0 Å². The van der Waals surface area contributed by atoms with Crippen molar-refractivity contribution in [2.24, 2.45) is 0 Å². The minimum atomic E-state index is 0.600. The van der Waals surface area contributed by atoms with Crippen molar-refractivity contribution in [1.29, 1.82) is 5.26 Å². The van der Waals surface area contributed by atoms with Crippen LogP contribution in [-0.4, -0.2) is 14.8 Å². The average Bonchev–Trinajstić information content (AvgIpc) is 2.64. The molecule has 0 unspecified atom stereocenters. The first kappa shape index (κ1) is 10.1. The first-order valence-corrected chi connectivity index (χ1v) is 5.36. The van der Waals surface area contributed by atoms with Crippen LogP contribution in [-0.2, 0) is 0 Å². The molecular weight excluding hydrogens is 303 g/mol. The lowest BCUT2D eigenvalue weighted by atomic mass is 10.2. The van der Waals surface area contributed by atoms with Crippen LogP contribution in [0.4, 0.5) is 0 Å². The lowest BCUT2D eigenvalue weighted by molar-refractivity contribution is 0.840. The van der Waals surface area contributed by atoms with Crippen LogP contribution in [0.15, 0.2) is 24.5 Å². The highest BCUT2D eigenvalue weighted by Gasteiger charge is 2.03. The van der Waals surface area contributed by atoms with Gasteiger partial charge in [0.2, 0.25) is 0 Å². The minimum absolute atomic E-state index is 0.600. The molecule has 2 rings (SSSR count). The number of nitriles is 1. The molecule has 2 heterocycles. The van der Waals surface area contributed by atoms with Gasteiger partial charge in [0, 0.05) is 18.0 Å². The molecule has 4 nitrogen and oxygen atoms in total. The molecule has 2 aromatic rings. The Kier molecular flexibility index (Phi) is 2.68. The first-order valence-electron chi connectivity index (χ1n) is 4.28. The predicted molar refractivity (Wildman–Crippen MR) is 63.5 cm³/mol. The monoisotopic (exact) mass is 310 g/mol. The number of aromatic nitrogens is 3. The van der Waals surface area contributed by atoms with E-state index in [0.717, 1.165) is 9.26 Å². The Labute approximate surface area is 101 Å². The second-order valence-electron chi connectivity index (χ2n) is 3.07. The van der Waals surface area contributed by atoms with Crippen LogP contribution in [0.25, 0.3) is 5.82 Å². The van der Waals surface area contributed by atoms with Gasteiger partial charge >= 0.3 is 0 Å². The summed E-state index contributed by atoms with van der Waals surface area (Å²) >= 11 is 2.18. The average molecular weight is 310 g/mol. The van der Waals surface area contributed by atoms with Gasteiger partial charge in [0.05, 0.1) is 21.4 Å². The molecule has 0 atom stereocenters. The van der Waals surface area contributed by atoms with Crippen LogP contribution < -0.4 is 0 Å². The molecule has 0 N–H and O–H groups in total. The molecule has 0 bridgehead atoms. The van der Waals surface area contributed by atoms with Crippen LogP contribution in [0, 0.1) is 21.8 Å². The standard InChI is InChI=1S/C10H7IN4/c1-7-2-8(4-12)3-10(14-7)15-6-9(11)5-13-15/h2-3,5-6H,1H3. The molecule has 0 aliphatic carbocycles. The number of hydrogen-bond donors (Lipinski definition) is 0. The Morgan fingerprint density at radius 3 is 2.87 bits per heavy atom. The van der Waals surface area contributed by atoms with Crippen molar-refractivity contribution in [2.45, 2.75) is 6.92 Å². The molecule has 0 aromatic carbocycles. The van der Waals surface area contributed by atoms with Crippen molar-refractivity contribution in [3.63, 3.8) is 0 Å². The number of aryl methyl sites for hydroxylation is 1. The van der Waals surface area contributed by atoms with Gasteiger partial charge in [0.25, 0.3) is 0 Å². The molecule has 0 spiro atoms. The van der Waals surface area contributed by atoms with Crippen LogP contribution in [0.2, 0.25) is 0 Å². The van der Waals surface area contributed by atoms with Gasteiger partial charge in [-0.3, -0.25) is 0 Å². The summed E-state index contributed by atoms with van der Waals surface area (Å²) in [4.78, 5) is 4.31. The molecule has 0 aliphatic rings. The van der Waals surface area contributed by atoms with Crippen LogP contribution in [0.5, 0.6) is 0 Å². The fourth-order valence-corrected chi connectivity index (χ4v) is 1.65. The quantitative estimate of drug-likeness (QED) is 0.758. The van der Waals surface area contributed by atoms with Crippen molar-refractivity contribution in [3.05, 3.63) is 39.4 Å². The Bertz CT molecular complexity index is 539. The first-order chi connectivity index (χ1) is 7.19. The Balaban J connectivity index is 2.54. The summed E-state index contributed by atoms with van der Waals surface area (Å²) in [6.07, 6.45) is 3.61. The van der Waals surface area contributed by atoms with Crippen molar-refractivity contribution in [2.75, 3.05) is 0 Å². The molecule has 15 heavy (non-hydrogen) atoms. The Morgan fingerprint density at radius 1 is 1.47 bits per heavy atom. The fourth-order valence-electron chi connectivity index (χ4n) is 1.26. The van der Waals surface area contributed by atoms with Gasteiger partial charge < -0.3 is 0 Å². The highest BCUT2D eigenvalue weighted by molar-refractivity contribution is 14.1. The number of hydrogen-bond acceptors (Lipinski definition) is 3. The summed E-state index contributed by atoms with van der Waals surface area (Å²) in [5.74, 6) is 0.675. The van der Waals surface area contributed by atoms with Gasteiger partial charge in [0.1, 0.15) is 0 Å². The molecule has 0 amide bonds. The van der Waals surface area contributed by atoms with Crippen LogP contribution in [0.3, 0.4) is 0 Å². The van der Waals surface area contributed by atoms with Gasteiger partial charge in [-0.15, -0.1) is 0 Å². The summed E-state index contributed by atoms with van der Waals surface area (Å²) < 4.78 is 2.70. The molecule has 2 aromatic heterocycles.